The van der Waals surface area contributed by atoms with E-state index in [-0.39, 0.29) is 18.2 Å². The van der Waals surface area contributed by atoms with Crippen LogP contribution in [0, 0.1) is 0 Å². The molecule has 0 spiro atoms. The van der Waals surface area contributed by atoms with Gasteiger partial charge in [0.25, 0.3) is 5.91 Å². The van der Waals surface area contributed by atoms with Crippen LogP contribution in [0.5, 0.6) is 0 Å². The van der Waals surface area contributed by atoms with Crippen LogP contribution in [0.4, 0.5) is 0 Å². The molecule has 0 bridgehead atoms. The van der Waals surface area contributed by atoms with Crippen molar-refractivity contribution in [3.8, 4) is 0 Å². The lowest BCUT2D eigenvalue weighted by Gasteiger charge is -2.09. The largest absolute Gasteiger partial charge is 0.273 e. The van der Waals surface area contributed by atoms with Crippen LogP contribution in [-0.2, 0) is 17.6 Å². The second-order valence-corrected chi connectivity index (χ2v) is 5.87. The summed E-state index contributed by atoms with van der Waals surface area (Å²) in [5.74, 6) is -0.580. The molecule has 4 heteroatoms. The Morgan fingerprint density at radius 1 is 0.840 bits per heavy atom. The molecule has 0 aliphatic carbocycles. The monoisotopic (exact) mass is 332 g/mol. The van der Waals surface area contributed by atoms with Crippen LogP contribution in [0.1, 0.15) is 28.4 Å². The van der Waals surface area contributed by atoms with Gasteiger partial charge in [-0.05, 0) is 40.5 Å². The van der Waals surface area contributed by atoms with Gasteiger partial charge in [0.05, 0.1) is 6.42 Å². The van der Waals surface area contributed by atoms with Gasteiger partial charge >= 0.3 is 0 Å². The van der Waals surface area contributed by atoms with E-state index in [4.69, 9.17) is 0 Å². The lowest BCUT2D eigenvalue weighted by atomic mass is 10.0. The Hall–Kier alpha value is -3.14. The minimum atomic E-state index is -0.325. The Balaban J connectivity index is 1.61. The number of hydrazine groups is 1. The molecule has 0 atom stereocenters. The lowest BCUT2D eigenvalue weighted by molar-refractivity contribution is -0.121. The maximum Gasteiger partial charge on any atom is 0.269 e. The SMILES string of the molecule is CCc1ccc(C(=O)NNC(=O)Cc2cccc3ccccc23)cc1. The van der Waals surface area contributed by atoms with Gasteiger partial charge in [0.2, 0.25) is 5.91 Å². The number of carbonyl (C=O) groups is 2. The summed E-state index contributed by atoms with van der Waals surface area (Å²) in [5.41, 5.74) is 7.56. The summed E-state index contributed by atoms with van der Waals surface area (Å²) < 4.78 is 0. The molecular formula is C21H20N2O2. The zero-order valence-corrected chi connectivity index (χ0v) is 14.1. The van der Waals surface area contributed by atoms with Gasteiger partial charge in [-0.2, -0.15) is 0 Å². The summed E-state index contributed by atoms with van der Waals surface area (Å²) >= 11 is 0. The molecule has 2 N–H and O–H groups in total. The molecule has 3 aromatic rings. The number of fused-ring (bicyclic) bond motifs is 1. The normalized spacial score (nSPS) is 10.4. The van der Waals surface area contributed by atoms with Gasteiger partial charge in [-0.3, -0.25) is 20.4 Å². The van der Waals surface area contributed by atoms with Crippen LogP contribution < -0.4 is 10.9 Å². The number of hydrogen-bond donors (Lipinski definition) is 2. The van der Waals surface area contributed by atoms with Gasteiger partial charge in [0.1, 0.15) is 0 Å². The molecule has 126 valence electrons. The summed E-state index contributed by atoms with van der Waals surface area (Å²) in [5, 5.41) is 2.13. The number of nitrogens with one attached hydrogen (secondary N) is 2. The number of benzene rings is 3. The third-order valence-electron chi connectivity index (χ3n) is 4.17. The second-order valence-electron chi connectivity index (χ2n) is 5.87. The molecule has 0 aromatic heterocycles. The first-order valence-electron chi connectivity index (χ1n) is 8.32. The number of rotatable bonds is 4. The van der Waals surface area contributed by atoms with Gasteiger partial charge in [0.15, 0.2) is 0 Å². The van der Waals surface area contributed by atoms with Crippen molar-refractivity contribution in [3.05, 3.63) is 83.4 Å². The second kappa shape index (κ2) is 7.62. The van der Waals surface area contributed by atoms with Crippen LogP contribution in [0.25, 0.3) is 10.8 Å². The average molecular weight is 332 g/mol. The predicted molar refractivity (Wildman–Crippen MR) is 99.1 cm³/mol. The first-order valence-corrected chi connectivity index (χ1v) is 8.32. The minimum absolute atomic E-state index is 0.205. The van der Waals surface area contributed by atoms with E-state index in [1.807, 2.05) is 54.6 Å². The Labute approximate surface area is 146 Å². The van der Waals surface area contributed by atoms with E-state index in [0.717, 1.165) is 28.3 Å². The van der Waals surface area contributed by atoms with Crippen LogP contribution in [0.3, 0.4) is 0 Å². The van der Waals surface area contributed by atoms with E-state index in [0.29, 0.717) is 5.56 Å². The third-order valence-corrected chi connectivity index (χ3v) is 4.17. The van der Waals surface area contributed by atoms with E-state index in [2.05, 4.69) is 17.8 Å². The fraction of sp³-hybridized carbons (Fsp3) is 0.143. The van der Waals surface area contributed by atoms with Gasteiger partial charge in [-0.1, -0.05) is 61.5 Å². The summed E-state index contributed by atoms with van der Waals surface area (Å²) in [6, 6.07) is 21.1. The number of aryl methyl sites for hydroxylation is 1. The highest BCUT2D eigenvalue weighted by molar-refractivity contribution is 5.96. The standard InChI is InChI=1S/C21H20N2O2/c1-2-15-10-12-17(13-11-15)21(25)23-22-20(24)14-18-8-5-7-16-6-3-4-9-19(16)18/h3-13H,2,14H2,1H3,(H,22,24)(H,23,25). The van der Waals surface area contributed by atoms with E-state index in [1.165, 1.54) is 0 Å². The van der Waals surface area contributed by atoms with Gasteiger partial charge in [-0.15, -0.1) is 0 Å². The molecular weight excluding hydrogens is 312 g/mol. The van der Waals surface area contributed by atoms with Crippen molar-refractivity contribution < 1.29 is 9.59 Å². The Morgan fingerprint density at radius 3 is 2.32 bits per heavy atom. The average Bonchev–Trinajstić information content (AvgIpc) is 2.66. The summed E-state index contributed by atoms with van der Waals surface area (Å²) in [6.07, 6.45) is 1.13. The summed E-state index contributed by atoms with van der Waals surface area (Å²) in [4.78, 5) is 24.3. The molecule has 3 aromatic carbocycles. The highest BCUT2D eigenvalue weighted by Gasteiger charge is 2.09. The third kappa shape index (κ3) is 4.04. The molecule has 0 saturated carbocycles. The molecule has 4 nitrogen and oxygen atoms in total. The number of hydrogen-bond acceptors (Lipinski definition) is 2. The van der Waals surface area contributed by atoms with Crippen LogP contribution >= 0.6 is 0 Å². The fourth-order valence-corrected chi connectivity index (χ4v) is 2.75. The highest BCUT2D eigenvalue weighted by atomic mass is 16.2. The summed E-state index contributed by atoms with van der Waals surface area (Å²) in [6.45, 7) is 2.06. The molecule has 25 heavy (non-hydrogen) atoms. The quantitative estimate of drug-likeness (QED) is 0.719. The molecule has 0 aliphatic heterocycles. The molecule has 0 unspecified atom stereocenters. The smallest absolute Gasteiger partial charge is 0.269 e. The van der Waals surface area contributed by atoms with Gasteiger partial charge < -0.3 is 0 Å². The first-order chi connectivity index (χ1) is 12.2. The maximum atomic E-state index is 12.2. The Kier molecular flexibility index (Phi) is 5.09. The molecule has 3 rings (SSSR count). The predicted octanol–water partition coefficient (Wildman–Crippen LogP) is 3.41. The zero-order chi connectivity index (χ0) is 17.6. The Morgan fingerprint density at radius 2 is 1.56 bits per heavy atom. The Bertz CT molecular complexity index is 896. The van der Waals surface area contributed by atoms with Gasteiger partial charge in [0, 0.05) is 5.56 Å². The first kappa shape index (κ1) is 16.7. The number of amides is 2. The van der Waals surface area contributed by atoms with Crippen molar-refractivity contribution in [2.75, 3.05) is 0 Å². The zero-order valence-electron chi connectivity index (χ0n) is 14.1. The van der Waals surface area contributed by atoms with Crippen LogP contribution in [-0.4, -0.2) is 11.8 Å². The molecule has 0 saturated heterocycles. The highest BCUT2D eigenvalue weighted by Crippen LogP contribution is 2.18. The van der Waals surface area contributed by atoms with Crippen molar-refractivity contribution in [2.45, 2.75) is 19.8 Å². The van der Waals surface area contributed by atoms with Gasteiger partial charge in [-0.25, -0.2) is 0 Å². The lowest BCUT2D eigenvalue weighted by Crippen LogP contribution is -2.42. The number of carbonyl (C=O) groups excluding carboxylic acids is 2. The van der Waals surface area contributed by atoms with Crippen LogP contribution in [0.2, 0.25) is 0 Å². The van der Waals surface area contributed by atoms with Crippen molar-refractivity contribution in [1.82, 2.24) is 10.9 Å². The van der Waals surface area contributed by atoms with E-state index >= 15 is 0 Å². The van der Waals surface area contributed by atoms with Crippen molar-refractivity contribution in [3.63, 3.8) is 0 Å². The van der Waals surface area contributed by atoms with Crippen molar-refractivity contribution in [2.24, 2.45) is 0 Å². The molecule has 0 radical (unpaired) electrons. The van der Waals surface area contributed by atoms with Crippen LogP contribution in [0.15, 0.2) is 66.7 Å². The van der Waals surface area contributed by atoms with E-state index in [1.54, 1.807) is 12.1 Å². The molecule has 0 fully saturated rings. The topological polar surface area (TPSA) is 58.2 Å². The minimum Gasteiger partial charge on any atom is -0.273 e. The van der Waals surface area contributed by atoms with Crippen molar-refractivity contribution in [1.29, 1.82) is 0 Å². The van der Waals surface area contributed by atoms with E-state index < -0.39 is 0 Å². The molecule has 2 amide bonds. The van der Waals surface area contributed by atoms with E-state index in [9.17, 15) is 9.59 Å². The van der Waals surface area contributed by atoms with Crippen molar-refractivity contribution >= 4 is 22.6 Å². The fourth-order valence-electron chi connectivity index (χ4n) is 2.75. The molecule has 0 aliphatic rings. The summed E-state index contributed by atoms with van der Waals surface area (Å²) in [7, 11) is 0. The molecule has 0 heterocycles. The maximum absolute atomic E-state index is 12.2.